The summed E-state index contributed by atoms with van der Waals surface area (Å²) in [5.74, 6) is -0.308. The Kier molecular flexibility index (Phi) is 6.16. The quantitative estimate of drug-likeness (QED) is 0.625. The van der Waals surface area contributed by atoms with Crippen LogP contribution in [0.25, 0.3) is 0 Å². The van der Waals surface area contributed by atoms with Crippen molar-refractivity contribution in [3.05, 3.63) is 74.8 Å². The number of hydrogen-bond donors (Lipinski definition) is 1. The first-order chi connectivity index (χ1) is 13.1. The van der Waals surface area contributed by atoms with Crippen molar-refractivity contribution in [2.75, 3.05) is 26.3 Å². The minimum atomic E-state index is -0.469. The summed E-state index contributed by atoms with van der Waals surface area (Å²) in [6, 6.07) is 12.5. The van der Waals surface area contributed by atoms with E-state index in [2.05, 4.69) is 16.3 Å². The molecule has 0 unspecified atom stereocenters. The Balaban J connectivity index is 1.69. The summed E-state index contributed by atoms with van der Waals surface area (Å²) in [4.78, 5) is 25.5. The van der Waals surface area contributed by atoms with E-state index in [1.165, 1.54) is 12.1 Å². The molecule has 1 aliphatic heterocycles. The highest BCUT2D eigenvalue weighted by molar-refractivity contribution is 5.96. The minimum Gasteiger partial charge on any atom is -0.379 e. The fourth-order valence-electron chi connectivity index (χ4n) is 3.22. The van der Waals surface area contributed by atoms with Gasteiger partial charge in [0.1, 0.15) is 0 Å². The molecule has 142 valence electrons. The Morgan fingerprint density at radius 3 is 2.56 bits per heavy atom. The van der Waals surface area contributed by atoms with Gasteiger partial charge in [0, 0.05) is 43.4 Å². The van der Waals surface area contributed by atoms with Crippen LogP contribution >= 0.6 is 0 Å². The Hall–Kier alpha value is -2.77. The number of carbonyl (C=O) groups excluding carboxylic acids is 1. The molecule has 0 bridgehead atoms. The van der Waals surface area contributed by atoms with Crippen molar-refractivity contribution in [1.82, 2.24) is 10.2 Å². The summed E-state index contributed by atoms with van der Waals surface area (Å²) in [6.07, 6.45) is 0. The number of ether oxygens (including phenoxy) is 1. The van der Waals surface area contributed by atoms with Crippen LogP contribution in [0.2, 0.25) is 0 Å². The van der Waals surface area contributed by atoms with Gasteiger partial charge in [-0.2, -0.15) is 0 Å². The van der Waals surface area contributed by atoms with Crippen molar-refractivity contribution in [1.29, 1.82) is 0 Å². The molecule has 1 N–H and O–H groups in total. The second-order valence-electron chi connectivity index (χ2n) is 6.55. The lowest BCUT2D eigenvalue weighted by Gasteiger charge is -2.27. The Morgan fingerprint density at radius 2 is 1.85 bits per heavy atom. The number of morpholine rings is 1. The number of amides is 1. The third-order valence-corrected chi connectivity index (χ3v) is 4.80. The second-order valence-corrected chi connectivity index (χ2v) is 6.55. The van der Waals surface area contributed by atoms with Crippen LogP contribution in [0, 0.1) is 17.0 Å². The van der Waals surface area contributed by atoms with E-state index < -0.39 is 4.92 Å². The molecule has 2 aromatic carbocycles. The molecular weight excluding hydrogens is 346 g/mol. The number of nitrogens with one attached hydrogen (secondary N) is 1. The molecule has 1 aliphatic rings. The molecule has 7 nitrogen and oxygen atoms in total. The van der Waals surface area contributed by atoms with Crippen LogP contribution in [0.4, 0.5) is 5.69 Å². The first kappa shape index (κ1) is 19.0. The lowest BCUT2D eigenvalue weighted by atomic mass is 10.0. The lowest BCUT2D eigenvalue weighted by Crippen LogP contribution is -2.36. The number of nitrogens with zero attached hydrogens (tertiary/aromatic N) is 2. The van der Waals surface area contributed by atoms with Gasteiger partial charge in [-0.1, -0.05) is 30.3 Å². The summed E-state index contributed by atoms with van der Waals surface area (Å²) in [7, 11) is 0. The predicted molar refractivity (Wildman–Crippen MR) is 102 cm³/mol. The highest BCUT2D eigenvalue weighted by Crippen LogP contribution is 2.21. The van der Waals surface area contributed by atoms with E-state index in [1.807, 2.05) is 18.2 Å². The number of benzene rings is 2. The molecule has 1 heterocycles. The zero-order valence-electron chi connectivity index (χ0n) is 15.3. The van der Waals surface area contributed by atoms with Crippen molar-refractivity contribution >= 4 is 11.6 Å². The average Bonchev–Trinajstić information content (AvgIpc) is 2.68. The zero-order chi connectivity index (χ0) is 19.2. The van der Waals surface area contributed by atoms with Gasteiger partial charge in [-0.05, 0) is 24.1 Å². The molecule has 3 rings (SSSR count). The number of rotatable bonds is 6. The number of hydrogen-bond acceptors (Lipinski definition) is 5. The van der Waals surface area contributed by atoms with Crippen LogP contribution in [0.3, 0.4) is 0 Å². The Bertz CT molecular complexity index is 832. The third kappa shape index (κ3) is 4.69. The molecule has 0 saturated carbocycles. The first-order valence-electron chi connectivity index (χ1n) is 8.95. The maximum absolute atomic E-state index is 12.6. The normalized spacial score (nSPS) is 14.7. The van der Waals surface area contributed by atoms with Crippen LogP contribution < -0.4 is 5.32 Å². The number of nitro benzene ring substituents is 1. The summed E-state index contributed by atoms with van der Waals surface area (Å²) in [6.45, 7) is 6.06. The fraction of sp³-hybridized carbons (Fsp3) is 0.350. The van der Waals surface area contributed by atoms with Crippen molar-refractivity contribution in [2.45, 2.75) is 20.0 Å². The molecule has 1 fully saturated rings. The average molecular weight is 369 g/mol. The van der Waals surface area contributed by atoms with Gasteiger partial charge in [0.15, 0.2) is 0 Å². The Morgan fingerprint density at radius 1 is 1.15 bits per heavy atom. The number of carbonyl (C=O) groups is 1. The highest BCUT2D eigenvalue weighted by Gasteiger charge is 2.18. The summed E-state index contributed by atoms with van der Waals surface area (Å²) >= 11 is 0. The molecule has 0 radical (unpaired) electrons. The van der Waals surface area contributed by atoms with Gasteiger partial charge in [0.2, 0.25) is 0 Å². The highest BCUT2D eigenvalue weighted by atomic mass is 16.6. The fourth-order valence-corrected chi connectivity index (χ4v) is 3.22. The van der Waals surface area contributed by atoms with E-state index in [1.54, 1.807) is 13.0 Å². The molecule has 1 saturated heterocycles. The van der Waals surface area contributed by atoms with E-state index in [0.29, 0.717) is 17.7 Å². The largest absolute Gasteiger partial charge is 0.379 e. The monoisotopic (exact) mass is 369 g/mol. The minimum absolute atomic E-state index is 0.0460. The molecule has 0 atom stereocenters. The van der Waals surface area contributed by atoms with Gasteiger partial charge < -0.3 is 10.1 Å². The molecule has 0 aromatic heterocycles. The first-order valence-corrected chi connectivity index (χ1v) is 8.95. The molecule has 1 amide bonds. The summed E-state index contributed by atoms with van der Waals surface area (Å²) in [5.41, 5.74) is 2.86. The molecular formula is C20H23N3O4. The molecule has 7 heteroatoms. The Labute approximate surface area is 158 Å². The SMILES string of the molecule is Cc1c(C(=O)NCc2ccccc2CN2CCOCC2)cccc1[N+](=O)[O-]. The van der Waals surface area contributed by atoms with Gasteiger partial charge in [0.25, 0.3) is 11.6 Å². The van der Waals surface area contributed by atoms with Gasteiger partial charge in [-0.25, -0.2) is 0 Å². The van der Waals surface area contributed by atoms with Gasteiger partial charge in [-0.3, -0.25) is 19.8 Å². The smallest absolute Gasteiger partial charge is 0.273 e. The molecule has 2 aromatic rings. The van der Waals surface area contributed by atoms with Crippen molar-refractivity contribution < 1.29 is 14.5 Å². The van der Waals surface area contributed by atoms with Crippen LogP contribution in [-0.2, 0) is 17.8 Å². The number of nitro groups is 1. The van der Waals surface area contributed by atoms with E-state index >= 15 is 0 Å². The van der Waals surface area contributed by atoms with Crippen LogP contribution in [0.1, 0.15) is 27.0 Å². The van der Waals surface area contributed by atoms with E-state index in [0.717, 1.165) is 44.0 Å². The molecule has 0 spiro atoms. The predicted octanol–water partition coefficient (Wildman–Crippen LogP) is 2.67. The molecule has 0 aliphatic carbocycles. The van der Waals surface area contributed by atoms with E-state index in [-0.39, 0.29) is 11.6 Å². The lowest BCUT2D eigenvalue weighted by molar-refractivity contribution is -0.385. The van der Waals surface area contributed by atoms with Gasteiger partial charge >= 0.3 is 0 Å². The van der Waals surface area contributed by atoms with E-state index in [9.17, 15) is 14.9 Å². The standard InChI is InChI=1S/C20H23N3O4/c1-15-18(7-4-8-19(15)23(25)26)20(24)21-13-16-5-2-3-6-17(16)14-22-9-11-27-12-10-22/h2-8H,9-14H2,1H3,(H,21,24). The summed E-state index contributed by atoms with van der Waals surface area (Å²) < 4.78 is 5.39. The zero-order valence-corrected chi connectivity index (χ0v) is 15.3. The second kappa shape index (κ2) is 8.75. The molecule has 27 heavy (non-hydrogen) atoms. The van der Waals surface area contributed by atoms with Crippen LogP contribution in [0.15, 0.2) is 42.5 Å². The van der Waals surface area contributed by atoms with Crippen molar-refractivity contribution in [3.63, 3.8) is 0 Å². The van der Waals surface area contributed by atoms with Crippen LogP contribution in [-0.4, -0.2) is 42.0 Å². The maximum Gasteiger partial charge on any atom is 0.273 e. The van der Waals surface area contributed by atoms with Crippen LogP contribution in [0.5, 0.6) is 0 Å². The van der Waals surface area contributed by atoms with Crippen molar-refractivity contribution in [3.8, 4) is 0 Å². The summed E-state index contributed by atoms with van der Waals surface area (Å²) in [5, 5.41) is 14.0. The topological polar surface area (TPSA) is 84.7 Å². The van der Waals surface area contributed by atoms with Gasteiger partial charge in [0.05, 0.1) is 18.1 Å². The van der Waals surface area contributed by atoms with E-state index in [4.69, 9.17) is 4.74 Å². The van der Waals surface area contributed by atoms with Crippen molar-refractivity contribution in [2.24, 2.45) is 0 Å². The third-order valence-electron chi connectivity index (χ3n) is 4.80. The van der Waals surface area contributed by atoms with Gasteiger partial charge in [-0.15, -0.1) is 0 Å². The maximum atomic E-state index is 12.6.